The van der Waals surface area contributed by atoms with E-state index >= 15 is 0 Å². The molecule has 2 saturated heterocycles. The van der Waals surface area contributed by atoms with E-state index in [0.29, 0.717) is 32.1 Å². The average molecular weight is 706 g/mol. The smallest absolute Gasteiger partial charge is 0.410 e. The van der Waals surface area contributed by atoms with Gasteiger partial charge in [0.15, 0.2) is 6.10 Å². The van der Waals surface area contributed by atoms with E-state index in [1.807, 2.05) is 39.0 Å². The van der Waals surface area contributed by atoms with Gasteiger partial charge in [0.25, 0.3) is 0 Å². The molecule has 282 valence electrons. The SMILES string of the molecule is C/C(=C\C=C\[C@@H](C)COC(=O)N1CC[C@@H](F)C1)[C@H]1OC(=O)C[C@H](O)CC[C@@](C)(O)[C@@H](OC(=O)N2CCN(C3CCCCCC3)CC2)/C=C/[C@@H]1C. The van der Waals surface area contributed by atoms with Crippen molar-refractivity contribution in [3.05, 3.63) is 36.0 Å². The number of rotatable bonds is 7. The highest BCUT2D eigenvalue weighted by molar-refractivity contribution is 5.70. The summed E-state index contributed by atoms with van der Waals surface area (Å²) in [6.07, 6.45) is 12.1. The normalized spacial score (nSPS) is 32.8. The highest BCUT2D eigenvalue weighted by Gasteiger charge is 2.37. The van der Waals surface area contributed by atoms with Crippen LogP contribution in [0.15, 0.2) is 36.0 Å². The van der Waals surface area contributed by atoms with E-state index in [1.54, 1.807) is 24.0 Å². The summed E-state index contributed by atoms with van der Waals surface area (Å²) in [5, 5.41) is 22.2. The van der Waals surface area contributed by atoms with E-state index in [9.17, 15) is 29.0 Å². The molecule has 12 heteroatoms. The van der Waals surface area contributed by atoms with Gasteiger partial charge in [0.1, 0.15) is 17.9 Å². The van der Waals surface area contributed by atoms with Gasteiger partial charge in [-0.3, -0.25) is 9.69 Å². The molecule has 2 N–H and O–H groups in total. The van der Waals surface area contributed by atoms with Crippen molar-refractivity contribution in [1.82, 2.24) is 14.7 Å². The number of hydrogen-bond acceptors (Lipinski definition) is 9. The molecule has 3 heterocycles. The van der Waals surface area contributed by atoms with Crippen LogP contribution in [-0.4, -0.2) is 125 Å². The predicted molar refractivity (Wildman–Crippen MR) is 188 cm³/mol. The van der Waals surface area contributed by atoms with Crippen molar-refractivity contribution in [1.29, 1.82) is 0 Å². The lowest BCUT2D eigenvalue weighted by Crippen LogP contribution is -2.53. The van der Waals surface area contributed by atoms with Gasteiger partial charge in [-0.1, -0.05) is 63.8 Å². The molecule has 4 rings (SSSR count). The molecule has 50 heavy (non-hydrogen) atoms. The van der Waals surface area contributed by atoms with Gasteiger partial charge < -0.3 is 34.2 Å². The van der Waals surface area contributed by atoms with Crippen molar-refractivity contribution in [2.45, 2.75) is 128 Å². The first-order valence-corrected chi connectivity index (χ1v) is 18.7. The lowest BCUT2D eigenvalue weighted by Gasteiger charge is -2.40. The molecule has 4 aliphatic rings. The summed E-state index contributed by atoms with van der Waals surface area (Å²) in [6, 6.07) is 0.578. The Hall–Kier alpha value is -2.96. The molecular weight excluding hydrogens is 645 g/mol. The summed E-state index contributed by atoms with van der Waals surface area (Å²) in [5.41, 5.74) is -0.746. The van der Waals surface area contributed by atoms with Crippen LogP contribution in [0.1, 0.15) is 91.9 Å². The number of nitrogens with zero attached hydrogens (tertiary/aromatic N) is 3. The molecule has 0 unspecified atom stereocenters. The number of alkyl halides is 1. The highest BCUT2D eigenvalue weighted by atomic mass is 19.1. The second-order valence-electron chi connectivity index (χ2n) is 15.1. The summed E-state index contributed by atoms with van der Waals surface area (Å²) < 4.78 is 30.6. The zero-order valence-corrected chi connectivity index (χ0v) is 30.5. The number of ether oxygens (including phenoxy) is 3. The van der Waals surface area contributed by atoms with Crippen molar-refractivity contribution >= 4 is 18.2 Å². The van der Waals surface area contributed by atoms with Crippen LogP contribution in [0.4, 0.5) is 14.0 Å². The number of carbonyl (C=O) groups is 3. The average Bonchev–Trinajstić information content (AvgIpc) is 3.34. The lowest BCUT2D eigenvalue weighted by atomic mass is 9.89. The van der Waals surface area contributed by atoms with E-state index in [2.05, 4.69) is 4.90 Å². The Morgan fingerprint density at radius 3 is 2.40 bits per heavy atom. The largest absolute Gasteiger partial charge is 0.457 e. The molecule has 0 radical (unpaired) electrons. The maximum absolute atomic E-state index is 13.4. The molecule has 3 aliphatic heterocycles. The maximum atomic E-state index is 13.4. The summed E-state index contributed by atoms with van der Waals surface area (Å²) in [6.45, 7) is 10.5. The van der Waals surface area contributed by atoms with E-state index in [4.69, 9.17) is 14.2 Å². The fraction of sp³-hybridized carbons (Fsp3) is 0.763. The Morgan fingerprint density at radius 1 is 1.04 bits per heavy atom. The third-order valence-electron chi connectivity index (χ3n) is 10.6. The van der Waals surface area contributed by atoms with Gasteiger partial charge in [0, 0.05) is 50.6 Å². The molecule has 2 amide bonds. The molecule has 7 atom stereocenters. The molecule has 11 nitrogen and oxygen atoms in total. The molecule has 1 aliphatic carbocycles. The molecule has 0 bridgehead atoms. The van der Waals surface area contributed by atoms with E-state index in [-0.39, 0.29) is 44.2 Å². The summed E-state index contributed by atoms with van der Waals surface area (Å²) in [4.78, 5) is 44.1. The van der Waals surface area contributed by atoms with E-state index in [1.165, 1.54) is 43.4 Å². The second kappa shape index (κ2) is 19.0. The van der Waals surface area contributed by atoms with Gasteiger partial charge in [-0.05, 0) is 57.6 Å². The predicted octanol–water partition coefficient (Wildman–Crippen LogP) is 5.55. The Kier molecular flexibility index (Phi) is 15.2. The first kappa shape index (κ1) is 39.8. The second-order valence-corrected chi connectivity index (χ2v) is 15.1. The number of allylic oxidation sites excluding steroid dienone is 2. The zero-order valence-electron chi connectivity index (χ0n) is 30.5. The topological polar surface area (TPSA) is 129 Å². The molecule has 0 aromatic rings. The van der Waals surface area contributed by atoms with Crippen LogP contribution in [0.2, 0.25) is 0 Å². The van der Waals surface area contributed by atoms with E-state index < -0.39 is 48.2 Å². The number of carbonyl (C=O) groups excluding carboxylic acids is 3. The van der Waals surface area contributed by atoms with E-state index in [0.717, 1.165) is 18.7 Å². The lowest BCUT2D eigenvalue weighted by molar-refractivity contribution is -0.151. The number of piperazine rings is 1. The summed E-state index contributed by atoms with van der Waals surface area (Å²) >= 11 is 0. The third kappa shape index (κ3) is 12.1. The molecule has 0 spiro atoms. The van der Waals surface area contributed by atoms with Crippen LogP contribution >= 0.6 is 0 Å². The van der Waals surface area contributed by atoms with Crippen LogP contribution in [0.25, 0.3) is 0 Å². The minimum atomic E-state index is -1.48. The molecule has 3 fully saturated rings. The Labute approximate surface area is 297 Å². The third-order valence-corrected chi connectivity index (χ3v) is 10.6. The van der Waals surface area contributed by atoms with Crippen molar-refractivity contribution in [3.63, 3.8) is 0 Å². The fourth-order valence-corrected chi connectivity index (χ4v) is 7.25. The molecule has 1 saturated carbocycles. The van der Waals surface area contributed by atoms with Crippen LogP contribution < -0.4 is 0 Å². The van der Waals surface area contributed by atoms with Gasteiger partial charge in [-0.25, -0.2) is 14.0 Å². The zero-order chi connectivity index (χ0) is 36.3. The first-order chi connectivity index (χ1) is 23.8. The molecule has 0 aromatic heterocycles. The van der Waals surface area contributed by atoms with Crippen LogP contribution in [0.5, 0.6) is 0 Å². The van der Waals surface area contributed by atoms with Crippen molar-refractivity contribution < 1.29 is 43.2 Å². The number of halogens is 1. The van der Waals surface area contributed by atoms with Gasteiger partial charge in [-0.15, -0.1) is 0 Å². The fourth-order valence-electron chi connectivity index (χ4n) is 7.25. The Bertz CT molecular complexity index is 1210. The van der Waals surface area contributed by atoms with Crippen LogP contribution in [0.3, 0.4) is 0 Å². The Morgan fingerprint density at radius 2 is 1.74 bits per heavy atom. The molecule has 0 aromatic carbocycles. The minimum absolute atomic E-state index is 0.0626. The standard InChI is InChI=1S/C38H60FN3O8/c1-27(26-48-36(45)42-19-17-30(39)25-42)10-9-11-28(2)35-29(3)14-15-33(38(4,47)18-16-32(43)24-34(44)50-35)49-37(46)41-22-20-40(21-23-41)31-12-7-5-6-8-13-31/h9-11,14-15,27,29-33,35,43,47H,5-8,12-13,16-26H2,1-4H3/b10-9+,15-14+,28-11+/t27-,29+,30-,32-,33+,35-,38-/m1/s1. The highest BCUT2D eigenvalue weighted by Crippen LogP contribution is 2.28. The summed E-state index contributed by atoms with van der Waals surface area (Å²) in [5.74, 6) is -1.03. The Balaban J connectivity index is 1.39. The van der Waals surface area contributed by atoms with Crippen LogP contribution in [0, 0.1) is 11.8 Å². The number of amides is 2. The van der Waals surface area contributed by atoms with Crippen molar-refractivity contribution in [2.75, 3.05) is 45.9 Å². The monoisotopic (exact) mass is 705 g/mol. The molecular formula is C38H60FN3O8. The number of esters is 1. The van der Waals surface area contributed by atoms with Gasteiger partial charge in [0.05, 0.1) is 25.7 Å². The number of aliphatic hydroxyl groups is 2. The first-order valence-electron chi connectivity index (χ1n) is 18.7. The number of likely N-dealkylation sites (tertiary alicyclic amines) is 1. The van der Waals surface area contributed by atoms with Crippen molar-refractivity contribution in [3.8, 4) is 0 Å². The summed E-state index contributed by atoms with van der Waals surface area (Å²) in [7, 11) is 0. The minimum Gasteiger partial charge on any atom is -0.457 e. The van der Waals surface area contributed by atoms with Gasteiger partial charge in [0.2, 0.25) is 0 Å². The van der Waals surface area contributed by atoms with Crippen molar-refractivity contribution in [2.24, 2.45) is 11.8 Å². The maximum Gasteiger partial charge on any atom is 0.410 e. The van der Waals surface area contributed by atoms with Gasteiger partial charge >= 0.3 is 18.2 Å². The quantitative estimate of drug-likeness (QED) is 0.115. The van der Waals surface area contributed by atoms with Crippen LogP contribution in [-0.2, 0) is 19.0 Å². The number of cyclic esters (lactones) is 1. The number of aliphatic hydroxyl groups excluding tert-OH is 1. The van der Waals surface area contributed by atoms with Gasteiger partial charge in [-0.2, -0.15) is 0 Å². The number of hydrogen-bond donors (Lipinski definition) is 2.